The van der Waals surface area contributed by atoms with Crippen molar-refractivity contribution < 1.29 is 9.59 Å². The highest BCUT2D eigenvalue weighted by molar-refractivity contribution is 6.30. The topological polar surface area (TPSA) is 46.2 Å². The van der Waals surface area contributed by atoms with E-state index in [4.69, 9.17) is 11.6 Å². The Morgan fingerprint density at radius 1 is 0.676 bits per heavy atom. The summed E-state index contributed by atoms with van der Waals surface area (Å²) < 4.78 is 0. The second kappa shape index (κ2) is 9.34. The van der Waals surface area contributed by atoms with Crippen LogP contribution in [0.3, 0.4) is 0 Å². The fourth-order valence-electron chi connectivity index (χ4n) is 4.04. The fourth-order valence-corrected chi connectivity index (χ4v) is 4.16. The van der Waals surface area contributed by atoms with Crippen LogP contribution in [0.25, 0.3) is 17.7 Å². The first-order chi connectivity index (χ1) is 16.6. The van der Waals surface area contributed by atoms with E-state index in [2.05, 4.69) is 11.4 Å². The molecule has 0 aliphatic heterocycles. The Morgan fingerprint density at radius 3 is 1.79 bits per heavy atom. The third-order valence-electron chi connectivity index (χ3n) is 5.71. The highest BCUT2D eigenvalue weighted by Gasteiger charge is 2.26. The van der Waals surface area contributed by atoms with E-state index in [0.717, 1.165) is 27.8 Å². The van der Waals surface area contributed by atoms with Crippen molar-refractivity contribution in [3.8, 4) is 0 Å². The van der Waals surface area contributed by atoms with Crippen molar-refractivity contribution >= 4 is 46.7 Å². The molecule has 4 aromatic rings. The molecule has 4 aromatic carbocycles. The third kappa shape index (κ3) is 4.47. The van der Waals surface area contributed by atoms with Crippen LogP contribution in [-0.2, 0) is 4.79 Å². The van der Waals surface area contributed by atoms with E-state index in [1.54, 1.807) is 18.2 Å². The number of rotatable bonds is 4. The van der Waals surface area contributed by atoms with Gasteiger partial charge in [-0.15, -0.1) is 0 Å². The van der Waals surface area contributed by atoms with Crippen molar-refractivity contribution in [2.45, 2.75) is 0 Å². The van der Waals surface area contributed by atoms with E-state index in [1.165, 1.54) is 6.08 Å². The zero-order valence-corrected chi connectivity index (χ0v) is 18.9. The molecule has 0 atom stereocenters. The van der Waals surface area contributed by atoms with Gasteiger partial charge < -0.3 is 5.32 Å². The maximum atomic E-state index is 12.9. The lowest BCUT2D eigenvalue weighted by molar-refractivity contribution is -0.111. The predicted octanol–water partition coefficient (Wildman–Crippen LogP) is 7.13. The smallest absolute Gasteiger partial charge is 0.248 e. The van der Waals surface area contributed by atoms with Crippen LogP contribution in [-0.4, -0.2) is 11.7 Å². The Kier molecular flexibility index (Phi) is 5.94. The summed E-state index contributed by atoms with van der Waals surface area (Å²) in [6.45, 7) is 0. The highest BCUT2D eigenvalue weighted by atomic mass is 35.5. The van der Waals surface area contributed by atoms with Crippen LogP contribution in [0.15, 0.2) is 103 Å². The monoisotopic (exact) mass is 461 g/mol. The lowest BCUT2D eigenvalue weighted by Gasteiger charge is -2.21. The molecule has 0 saturated heterocycles. The summed E-state index contributed by atoms with van der Waals surface area (Å²) in [5.41, 5.74) is 6.86. The van der Waals surface area contributed by atoms with Crippen LogP contribution in [0.4, 0.5) is 5.69 Å². The summed E-state index contributed by atoms with van der Waals surface area (Å²) in [6, 6.07) is 30.3. The molecule has 0 radical (unpaired) electrons. The maximum Gasteiger partial charge on any atom is 0.248 e. The number of ketones is 1. The van der Waals surface area contributed by atoms with Gasteiger partial charge in [0.1, 0.15) is 0 Å². The van der Waals surface area contributed by atoms with Gasteiger partial charge in [0.2, 0.25) is 5.91 Å². The van der Waals surface area contributed by atoms with Crippen LogP contribution in [0.1, 0.15) is 38.2 Å². The first kappa shape index (κ1) is 21.6. The fraction of sp³-hybridized carbons (Fsp3) is 0. The van der Waals surface area contributed by atoms with Gasteiger partial charge in [0.25, 0.3) is 0 Å². The second-order valence-electron chi connectivity index (χ2n) is 7.97. The van der Waals surface area contributed by atoms with E-state index >= 15 is 0 Å². The normalized spacial score (nSPS) is 12.3. The molecular formula is C30H20ClNO2. The Morgan fingerprint density at radius 2 is 1.21 bits per heavy atom. The molecule has 0 fully saturated rings. The number of benzene rings is 4. The number of nitrogens with one attached hydrogen (secondary N) is 1. The molecule has 0 heterocycles. The Hall–Kier alpha value is -4.21. The molecule has 1 N–H and O–H groups in total. The highest BCUT2D eigenvalue weighted by Crippen LogP contribution is 2.37. The van der Waals surface area contributed by atoms with Gasteiger partial charge in [0.05, 0.1) is 0 Å². The van der Waals surface area contributed by atoms with E-state index in [1.807, 2.05) is 84.9 Å². The minimum Gasteiger partial charge on any atom is -0.323 e. The average molecular weight is 462 g/mol. The standard InChI is InChI=1S/C30H20ClNO2/c31-22-14-9-20(10-15-22)13-18-29(33)32-23-16-11-21(12-17-23)19-28-24-5-1-3-7-26(24)30(34)27-8-4-2-6-25(27)28/h1-19H,(H,32,33)/b18-13+. The Bertz CT molecular complexity index is 1400. The molecule has 1 aliphatic rings. The lowest BCUT2D eigenvalue weighted by atomic mass is 9.81. The SMILES string of the molecule is O=C(/C=C/c1ccc(Cl)cc1)Nc1ccc(C=C2c3ccccc3C(=O)c3ccccc32)cc1. The van der Waals surface area contributed by atoms with Crippen molar-refractivity contribution in [3.63, 3.8) is 0 Å². The van der Waals surface area contributed by atoms with Gasteiger partial charge in [-0.25, -0.2) is 0 Å². The molecule has 0 unspecified atom stereocenters. The van der Waals surface area contributed by atoms with Gasteiger partial charge in [-0.3, -0.25) is 9.59 Å². The average Bonchev–Trinajstić information content (AvgIpc) is 2.87. The molecule has 4 heteroatoms. The number of hydrogen-bond acceptors (Lipinski definition) is 2. The third-order valence-corrected chi connectivity index (χ3v) is 5.96. The van der Waals surface area contributed by atoms with Crippen LogP contribution < -0.4 is 5.32 Å². The first-order valence-corrected chi connectivity index (χ1v) is 11.3. The number of carbonyl (C=O) groups excluding carboxylic acids is 2. The summed E-state index contributed by atoms with van der Waals surface area (Å²) in [6.07, 6.45) is 5.31. The summed E-state index contributed by atoms with van der Waals surface area (Å²) in [4.78, 5) is 25.2. The molecule has 0 spiro atoms. The minimum atomic E-state index is -0.213. The molecule has 0 aromatic heterocycles. The maximum absolute atomic E-state index is 12.9. The number of hydrogen-bond donors (Lipinski definition) is 1. The van der Waals surface area contributed by atoms with Crippen molar-refractivity contribution in [2.75, 3.05) is 5.32 Å². The van der Waals surface area contributed by atoms with Crippen LogP contribution >= 0.6 is 11.6 Å². The quantitative estimate of drug-likeness (QED) is 0.289. The summed E-state index contributed by atoms with van der Waals surface area (Å²) in [5.74, 6) is -0.164. The number of anilines is 1. The largest absolute Gasteiger partial charge is 0.323 e. The summed E-state index contributed by atoms with van der Waals surface area (Å²) in [7, 11) is 0. The van der Waals surface area contributed by atoms with Gasteiger partial charge in [0.15, 0.2) is 5.78 Å². The number of halogens is 1. The second-order valence-corrected chi connectivity index (χ2v) is 8.41. The van der Waals surface area contributed by atoms with E-state index in [0.29, 0.717) is 21.8 Å². The molecule has 0 saturated carbocycles. The zero-order valence-electron chi connectivity index (χ0n) is 18.2. The van der Waals surface area contributed by atoms with Gasteiger partial charge in [-0.05, 0) is 64.2 Å². The molecule has 1 aliphatic carbocycles. The van der Waals surface area contributed by atoms with E-state index in [-0.39, 0.29) is 11.7 Å². The molecule has 1 amide bonds. The van der Waals surface area contributed by atoms with Gasteiger partial charge >= 0.3 is 0 Å². The molecule has 34 heavy (non-hydrogen) atoms. The molecule has 0 bridgehead atoms. The minimum absolute atomic E-state index is 0.0491. The zero-order chi connectivity index (χ0) is 23.5. The number of amides is 1. The molecule has 5 rings (SSSR count). The van der Waals surface area contributed by atoms with E-state index in [9.17, 15) is 9.59 Å². The molecular weight excluding hydrogens is 442 g/mol. The Balaban J connectivity index is 1.38. The molecule has 3 nitrogen and oxygen atoms in total. The van der Waals surface area contributed by atoms with Crippen molar-refractivity contribution in [3.05, 3.63) is 142 Å². The van der Waals surface area contributed by atoms with Crippen molar-refractivity contribution in [1.82, 2.24) is 0 Å². The lowest BCUT2D eigenvalue weighted by Crippen LogP contribution is -2.14. The summed E-state index contributed by atoms with van der Waals surface area (Å²) in [5, 5.41) is 3.53. The van der Waals surface area contributed by atoms with Crippen LogP contribution in [0.5, 0.6) is 0 Å². The summed E-state index contributed by atoms with van der Waals surface area (Å²) >= 11 is 5.89. The van der Waals surface area contributed by atoms with Gasteiger partial charge in [-0.1, -0.05) is 84.4 Å². The number of fused-ring (bicyclic) bond motifs is 2. The van der Waals surface area contributed by atoms with Crippen LogP contribution in [0.2, 0.25) is 5.02 Å². The van der Waals surface area contributed by atoms with Gasteiger partial charge in [-0.2, -0.15) is 0 Å². The Labute approximate surface area is 203 Å². The van der Waals surface area contributed by atoms with Crippen molar-refractivity contribution in [1.29, 1.82) is 0 Å². The number of carbonyl (C=O) groups is 2. The molecule has 164 valence electrons. The van der Waals surface area contributed by atoms with Crippen molar-refractivity contribution in [2.24, 2.45) is 0 Å². The first-order valence-electron chi connectivity index (χ1n) is 10.9. The predicted molar refractivity (Wildman–Crippen MR) is 139 cm³/mol. The van der Waals surface area contributed by atoms with Crippen LogP contribution in [0, 0.1) is 0 Å². The van der Waals surface area contributed by atoms with E-state index < -0.39 is 0 Å². The van der Waals surface area contributed by atoms with Gasteiger partial charge in [0, 0.05) is 27.9 Å².